The van der Waals surface area contributed by atoms with Crippen LogP contribution in [0.25, 0.3) is 11.4 Å². The third-order valence-electron chi connectivity index (χ3n) is 4.62. The van der Waals surface area contributed by atoms with Gasteiger partial charge in [-0.05, 0) is 61.4 Å². The number of carbonyl (C=O) groups is 1. The Morgan fingerprint density at radius 1 is 0.962 bits per heavy atom. The van der Waals surface area contributed by atoms with Gasteiger partial charge in [0.25, 0.3) is 5.91 Å². The topological polar surface area (TPSA) is 59.8 Å². The molecular weight excluding hydrogens is 348 g/mol. The van der Waals surface area contributed by atoms with Gasteiger partial charge in [0.05, 0.1) is 0 Å². The Morgan fingerprint density at radius 2 is 1.73 bits per heavy atom. The van der Waals surface area contributed by atoms with Gasteiger partial charge in [-0.2, -0.15) is 0 Å². The van der Waals surface area contributed by atoms with Crippen LogP contribution >= 0.6 is 11.6 Å². The normalized spacial score (nSPS) is 13.7. The van der Waals surface area contributed by atoms with Gasteiger partial charge >= 0.3 is 0 Å². The maximum atomic E-state index is 12.3. The first kappa shape index (κ1) is 16.8. The lowest BCUT2D eigenvalue weighted by Gasteiger charge is -2.09. The van der Waals surface area contributed by atoms with Crippen LogP contribution in [-0.4, -0.2) is 20.7 Å². The number of carbonyl (C=O) groups excluding carboxylic acids is 1. The Morgan fingerprint density at radius 3 is 2.50 bits per heavy atom. The number of aryl methyl sites for hydroxylation is 1. The Kier molecular flexibility index (Phi) is 4.71. The van der Waals surface area contributed by atoms with Gasteiger partial charge in [0.2, 0.25) is 0 Å². The number of nitrogens with zero attached hydrogens (tertiary/aromatic N) is 3. The summed E-state index contributed by atoms with van der Waals surface area (Å²) in [5.41, 5.74) is 2.32. The summed E-state index contributed by atoms with van der Waals surface area (Å²) in [5.74, 6) is 1.81. The SMILES string of the molecule is O=C(Nc1ccc(-c2nnc3n2CCCCC3)cc1)c1ccc(Cl)cc1. The molecule has 2 aromatic carbocycles. The van der Waals surface area contributed by atoms with Gasteiger partial charge in [-0.1, -0.05) is 18.0 Å². The Hall–Kier alpha value is -2.66. The van der Waals surface area contributed by atoms with E-state index < -0.39 is 0 Å². The van der Waals surface area contributed by atoms with Crippen LogP contribution < -0.4 is 5.32 Å². The number of hydrogen-bond donors (Lipinski definition) is 1. The average molecular weight is 367 g/mol. The molecule has 0 saturated heterocycles. The molecule has 26 heavy (non-hydrogen) atoms. The first-order chi connectivity index (χ1) is 12.7. The summed E-state index contributed by atoms with van der Waals surface area (Å²) in [7, 11) is 0. The summed E-state index contributed by atoms with van der Waals surface area (Å²) in [5, 5.41) is 12.2. The monoisotopic (exact) mass is 366 g/mol. The summed E-state index contributed by atoms with van der Waals surface area (Å²) >= 11 is 5.86. The van der Waals surface area contributed by atoms with Gasteiger partial charge in [0.1, 0.15) is 5.82 Å². The Labute approximate surface area is 157 Å². The number of hydrogen-bond acceptors (Lipinski definition) is 3. The lowest BCUT2D eigenvalue weighted by atomic mass is 10.1. The average Bonchev–Trinajstić information content (AvgIpc) is 2.91. The number of amides is 1. The molecule has 5 nitrogen and oxygen atoms in total. The fourth-order valence-electron chi connectivity index (χ4n) is 3.21. The minimum atomic E-state index is -0.161. The molecule has 0 bridgehead atoms. The minimum Gasteiger partial charge on any atom is -0.322 e. The molecule has 6 heteroatoms. The Balaban J connectivity index is 1.51. The van der Waals surface area contributed by atoms with E-state index in [0.717, 1.165) is 42.3 Å². The molecule has 1 aliphatic heterocycles. The molecule has 0 spiro atoms. The standard InChI is InChI=1S/C20H19ClN4O/c21-16-9-5-15(6-10-16)20(26)22-17-11-7-14(8-12-17)19-24-23-18-4-2-1-3-13-25(18)19/h5-12H,1-4,13H2,(H,22,26). The van der Waals surface area contributed by atoms with Crippen LogP contribution in [0, 0.1) is 0 Å². The van der Waals surface area contributed by atoms with Crippen LogP contribution in [0.3, 0.4) is 0 Å². The van der Waals surface area contributed by atoms with Crippen molar-refractivity contribution in [2.24, 2.45) is 0 Å². The maximum absolute atomic E-state index is 12.3. The summed E-state index contributed by atoms with van der Waals surface area (Å²) in [6.45, 7) is 0.965. The summed E-state index contributed by atoms with van der Waals surface area (Å²) in [6, 6.07) is 14.5. The second-order valence-electron chi connectivity index (χ2n) is 6.44. The van der Waals surface area contributed by atoms with Crippen molar-refractivity contribution in [3.8, 4) is 11.4 Å². The molecule has 1 amide bonds. The summed E-state index contributed by atoms with van der Waals surface area (Å²) in [6.07, 6.45) is 4.56. The number of halogens is 1. The van der Waals surface area contributed by atoms with Crippen LogP contribution in [0.15, 0.2) is 48.5 Å². The fraction of sp³-hybridized carbons (Fsp3) is 0.250. The van der Waals surface area contributed by atoms with Crippen LogP contribution in [0.5, 0.6) is 0 Å². The van der Waals surface area contributed by atoms with Gasteiger partial charge in [-0.3, -0.25) is 4.79 Å². The van der Waals surface area contributed by atoms with E-state index in [1.165, 1.54) is 12.8 Å². The molecule has 1 N–H and O–H groups in total. The third kappa shape index (κ3) is 3.48. The van der Waals surface area contributed by atoms with Crippen LogP contribution in [0.1, 0.15) is 35.4 Å². The molecule has 0 fully saturated rings. The van der Waals surface area contributed by atoms with Crippen molar-refractivity contribution >= 4 is 23.2 Å². The highest BCUT2D eigenvalue weighted by Crippen LogP contribution is 2.24. The summed E-state index contributed by atoms with van der Waals surface area (Å²) in [4.78, 5) is 12.3. The van der Waals surface area contributed by atoms with Gasteiger partial charge < -0.3 is 9.88 Å². The van der Waals surface area contributed by atoms with Crippen LogP contribution in [-0.2, 0) is 13.0 Å². The largest absolute Gasteiger partial charge is 0.322 e. The number of aromatic nitrogens is 3. The maximum Gasteiger partial charge on any atom is 0.255 e. The van der Waals surface area contributed by atoms with Crippen molar-refractivity contribution < 1.29 is 4.79 Å². The van der Waals surface area contributed by atoms with E-state index in [1.807, 2.05) is 24.3 Å². The van der Waals surface area contributed by atoms with E-state index in [9.17, 15) is 4.79 Å². The van der Waals surface area contributed by atoms with Gasteiger partial charge in [-0.25, -0.2) is 0 Å². The van der Waals surface area contributed by atoms with Crippen molar-refractivity contribution in [3.63, 3.8) is 0 Å². The second kappa shape index (κ2) is 7.30. The van der Waals surface area contributed by atoms with E-state index >= 15 is 0 Å². The molecule has 1 aromatic heterocycles. The van der Waals surface area contributed by atoms with Crippen molar-refractivity contribution in [1.29, 1.82) is 0 Å². The second-order valence-corrected chi connectivity index (χ2v) is 6.88. The molecular formula is C20H19ClN4O. The highest BCUT2D eigenvalue weighted by molar-refractivity contribution is 6.30. The van der Waals surface area contributed by atoms with Crippen molar-refractivity contribution in [1.82, 2.24) is 14.8 Å². The molecule has 0 saturated carbocycles. The first-order valence-electron chi connectivity index (χ1n) is 8.80. The lowest BCUT2D eigenvalue weighted by Crippen LogP contribution is -2.11. The number of benzene rings is 2. The zero-order chi connectivity index (χ0) is 17.9. The van der Waals surface area contributed by atoms with Crippen molar-refractivity contribution in [2.45, 2.75) is 32.2 Å². The molecule has 0 radical (unpaired) electrons. The molecule has 4 rings (SSSR count). The highest BCUT2D eigenvalue weighted by Gasteiger charge is 2.16. The van der Waals surface area contributed by atoms with E-state index in [1.54, 1.807) is 24.3 Å². The smallest absolute Gasteiger partial charge is 0.255 e. The molecule has 3 aromatic rings. The minimum absolute atomic E-state index is 0.161. The molecule has 0 unspecified atom stereocenters. The fourth-order valence-corrected chi connectivity index (χ4v) is 3.33. The number of nitrogens with one attached hydrogen (secondary N) is 1. The molecule has 0 aliphatic carbocycles. The predicted molar refractivity (Wildman–Crippen MR) is 102 cm³/mol. The predicted octanol–water partition coefficient (Wildman–Crippen LogP) is 4.58. The number of fused-ring (bicyclic) bond motifs is 1. The lowest BCUT2D eigenvalue weighted by molar-refractivity contribution is 0.102. The van der Waals surface area contributed by atoms with E-state index in [4.69, 9.17) is 11.6 Å². The van der Waals surface area contributed by atoms with E-state index in [2.05, 4.69) is 20.1 Å². The Bertz CT molecular complexity index is 916. The molecule has 1 aliphatic rings. The first-order valence-corrected chi connectivity index (χ1v) is 9.18. The van der Waals surface area contributed by atoms with E-state index in [-0.39, 0.29) is 5.91 Å². The van der Waals surface area contributed by atoms with Crippen molar-refractivity contribution in [2.75, 3.05) is 5.32 Å². The quantitative estimate of drug-likeness (QED) is 0.738. The van der Waals surface area contributed by atoms with Gasteiger partial charge in [-0.15, -0.1) is 10.2 Å². The molecule has 2 heterocycles. The number of anilines is 1. The van der Waals surface area contributed by atoms with E-state index in [0.29, 0.717) is 10.6 Å². The molecule has 0 atom stereocenters. The van der Waals surface area contributed by atoms with Crippen LogP contribution in [0.4, 0.5) is 5.69 Å². The molecule has 132 valence electrons. The number of rotatable bonds is 3. The summed E-state index contributed by atoms with van der Waals surface area (Å²) < 4.78 is 2.22. The van der Waals surface area contributed by atoms with Crippen molar-refractivity contribution in [3.05, 3.63) is 64.9 Å². The zero-order valence-electron chi connectivity index (χ0n) is 14.3. The van der Waals surface area contributed by atoms with Gasteiger partial charge in [0.15, 0.2) is 5.82 Å². The van der Waals surface area contributed by atoms with Crippen LogP contribution in [0.2, 0.25) is 5.02 Å². The highest BCUT2D eigenvalue weighted by atomic mass is 35.5. The third-order valence-corrected chi connectivity index (χ3v) is 4.87. The zero-order valence-corrected chi connectivity index (χ0v) is 15.0. The van der Waals surface area contributed by atoms with Gasteiger partial charge in [0, 0.05) is 34.8 Å².